The molecule has 0 amide bonds. The second kappa shape index (κ2) is 4.77. The van der Waals surface area contributed by atoms with Crippen molar-refractivity contribution in [2.24, 2.45) is 11.7 Å². The molecule has 0 aromatic rings. The average Bonchev–Trinajstić information content (AvgIpc) is 1.87. The number of hydrogen-bond donors (Lipinski definition) is 2. The molecule has 56 valence electrons. The van der Waals surface area contributed by atoms with Crippen molar-refractivity contribution in [3.8, 4) is 0 Å². The molecule has 0 aromatic carbocycles. The van der Waals surface area contributed by atoms with E-state index < -0.39 is 0 Å². The van der Waals surface area contributed by atoms with E-state index >= 15 is 0 Å². The SMILES string of the molecule is CCC(C)C(O)CCN. The molecule has 9 heavy (non-hydrogen) atoms. The van der Waals surface area contributed by atoms with Crippen molar-refractivity contribution < 1.29 is 5.11 Å². The smallest absolute Gasteiger partial charge is 0.0577 e. The van der Waals surface area contributed by atoms with Crippen LogP contribution in [0.4, 0.5) is 0 Å². The first kappa shape index (κ1) is 8.92. The van der Waals surface area contributed by atoms with Gasteiger partial charge in [0.05, 0.1) is 6.10 Å². The number of aliphatic hydroxyl groups excluding tert-OH is 1. The largest absolute Gasteiger partial charge is 0.393 e. The summed E-state index contributed by atoms with van der Waals surface area (Å²) in [6.07, 6.45) is 1.57. The fraction of sp³-hybridized carbons (Fsp3) is 1.00. The van der Waals surface area contributed by atoms with Gasteiger partial charge in [-0.15, -0.1) is 0 Å². The molecule has 0 spiro atoms. The van der Waals surface area contributed by atoms with Crippen molar-refractivity contribution in [1.82, 2.24) is 0 Å². The Bertz CT molecular complexity index is 65.9. The molecular formula is C7H17NO. The van der Waals surface area contributed by atoms with Gasteiger partial charge in [0, 0.05) is 0 Å². The van der Waals surface area contributed by atoms with E-state index in [1.807, 2.05) is 6.92 Å². The van der Waals surface area contributed by atoms with Gasteiger partial charge < -0.3 is 10.8 Å². The van der Waals surface area contributed by atoms with Gasteiger partial charge in [-0.05, 0) is 18.9 Å². The highest BCUT2D eigenvalue weighted by molar-refractivity contribution is 4.62. The van der Waals surface area contributed by atoms with E-state index in [1.165, 1.54) is 0 Å². The van der Waals surface area contributed by atoms with Gasteiger partial charge in [0.2, 0.25) is 0 Å². The molecule has 0 saturated carbocycles. The number of rotatable bonds is 4. The Balaban J connectivity index is 3.32. The molecule has 0 bridgehead atoms. The first-order valence-electron chi connectivity index (χ1n) is 3.60. The van der Waals surface area contributed by atoms with Crippen LogP contribution in [0, 0.1) is 5.92 Å². The van der Waals surface area contributed by atoms with Gasteiger partial charge in [-0.3, -0.25) is 0 Å². The van der Waals surface area contributed by atoms with E-state index in [4.69, 9.17) is 5.73 Å². The molecule has 0 fully saturated rings. The second-order valence-electron chi connectivity index (χ2n) is 2.53. The van der Waals surface area contributed by atoms with Crippen molar-refractivity contribution in [3.05, 3.63) is 0 Å². The van der Waals surface area contributed by atoms with Crippen molar-refractivity contribution in [2.75, 3.05) is 6.54 Å². The van der Waals surface area contributed by atoms with E-state index in [0.717, 1.165) is 12.8 Å². The minimum absolute atomic E-state index is 0.194. The highest BCUT2D eigenvalue weighted by Gasteiger charge is 2.09. The van der Waals surface area contributed by atoms with E-state index in [1.54, 1.807) is 0 Å². The first-order chi connectivity index (χ1) is 4.22. The van der Waals surface area contributed by atoms with Crippen molar-refractivity contribution >= 4 is 0 Å². The van der Waals surface area contributed by atoms with Gasteiger partial charge in [-0.1, -0.05) is 20.3 Å². The quantitative estimate of drug-likeness (QED) is 0.591. The third kappa shape index (κ3) is 3.49. The first-order valence-corrected chi connectivity index (χ1v) is 3.60. The Hall–Kier alpha value is -0.0800. The maximum absolute atomic E-state index is 9.24. The lowest BCUT2D eigenvalue weighted by Crippen LogP contribution is -2.20. The summed E-state index contributed by atoms with van der Waals surface area (Å²) in [5, 5.41) is 9.24. The molecule has 2 atom stereocenters. The molecule has 0 radical (unpaired) electrons. The van der Waals surface area contributed by atoms with Crippen LogP contribution in [-0.4, -0.2) is 17.8 Å². The van der Waals surface area contributed by atoms with Crippen LogP contribution < -0.4 is 5.73 Å². The summed E-state index contributed by atoms with van der Waals surface area (Å²) in [7, 11) is 0. The molecule has 3 N–H and O–H groups in total. The molecule has 0 aliphatic rings. The summed E-state index contributed by atoms with van der Waals surface area (Å²) in [5.74, 6) is 0.397. The predicted molar refractivity (Wildman–Crippen MR) is 39.1 cm³/mol. The van der Waals surface area contributed by atoms with Gasteiger partial charge in [-0.2, -0.15) is 0 Å². The third-order valence-electron chi connectivity index (χ3n) is 1.76. The molecule has 0 aliphatic carbocycles. The monoisotopic (exact) mass is 131 g/mol. The van der Waals surface area contributed by atoms with E-state index in [2.05, 4.69) is 6.92 Å². The minimum atomic E-state index is -0.194. The lowest BCUT2D eigenvalue weighted by molar-refractivity contribution is 0.108. The average molecular weight is 131 g/mol. The van der Waals surface area contributed by atoms with Crippen LogP contribution in [0.5, 0.6) is 0 Å². The summed E-state index contributed by atoms with van der Waals surface area (Å²) in [5.41, 5.74) is 5.26. The molecule has 0 heterocycles. The van der Waals surface area contributed by atoms with Crippen molar-refractivity contribution in [1.29, 1.82) is 0 Å². The zero-order valence-corrected chi connectivity index (χ0v) is 6.30. The standard InChI is InChI=1S/C7H17NO/c1-3-6(2)7(9)4-5-8/h6-7,9H,3-5,8H2,1-2H3. The number of hydrogen-bond acceptors (Lipinski definition) is 2. The lowest BCUT2D eigenvalue weighted by atomic mass is 10.00. The minimum Gasteiger partial charge on any atom is -0.393 e. The van der Waals surface area contributed by atoms with Gasteiger partial charge in [0.1, 0.15) is 0 Å². The van der Waals surface area contributed by atoms with Crippen LogP contribution in [0.25, 0.3) is 0 Å². The van der Waals surface area contributed by atoms with Gasteiger partial charge >= 0.3 is 0 Å². The Kier molecular flexibility index (Phi) is 4.72. The fourth-order valence-electron chi connectivity index (χ4n) is 0.727. The van der Waals surface area contributed by atoms with Gasteiger partial charge in [0.25, 0.3) is 0 Å². The molecular weight excluding hydrogens is 114 g/mol. The highest BCUT2D eigenvalue weighted by atomic mass is 16.3. The zero-order chi connectivity index (χ0) is 7.28. The fourth-order valence-corrected chi connectivity index (χ4v) is 0.727. The Morgan fingerprint density at radius 1 is 1.56 bits per heavy atom. The normalized spacial score (nSPS) is 17.3. The second-order valence-corrected chi connectivity index (χ2v) is 2.53. The maximum atomic E-state index is 9.24. The molecule has 0 rings (SSSR count). The molecule has 0 aliphatic heterocycles. The Labute approximate surface area is 57.1 Å². The van der Waals surface area contributed by atoms with E-state index in [0.29, 0.717) is 12.5 Å². The van der Waals surface area contributed by atoms with Crippen molar-refractivity contribution in [3.63, 3.8) is 0 Å². The van der Waals surface area contributed by atoms with Gasteiger partial charge in [-0.25, -0.2) is 0 Å². The number of nitrogens with two attached hydrogens (primary N) is 1. The predicted octanol–water partition coefficient (Wildman–Crippen LogP) is 0.742. The summed E-state index contributed by atoms with van der Waals surface area (Å²) < 4.78 is 0. The summed E-state index contributed by atoms with van der Waals surface area (Å²) in [6.45, 7) is 4.70. The van der Waals surface area contributed by atoms with Crippen LogP contribution >= 0.6 is 0 Å². The van der Waals surface area contributed by atoms with Crippen LogP contribution in [0.15, 0.2) is 0 Å². The Morgan fingerprint density at radius 2 is 2.11 bits per heavy atom. The van der Waals surface area contributed by atoms with Crippen LogP contribution in [0.2, 0.25) is 0 Å². The topological polar surface area (TPSA) is 46.2 Å². The van der Waals surface area contributed by atoms with E-state index in [-0.39, 0.29) is 6.10 Å². The maximum Gasteiger partial charge on any atom is 0.0577 e. The van der Waals surface area contributed by atoms with E-state index in [9.17, 15) is 5.11 Å². The summed E-state index contributed by atoms with van der Waals surface area (Å²) in [4.78, 5) is 0. The zero-order valence-electron chi connectivity index (χ0n) is 6.30. The van der Waals surface area contributed by atoms with Crippen molar-refractivity contribution in [2.45, 2.75) is 32.8 Å². The Morgan fingerprint density at radius 3 is 2.44 bits per heavy atom. The molecule has 2 heteroatoms. The molecule has 2 nitrogen and oxygen atoms in total. The molecule has 2 unspecified atom stereocenters. The van der Waals surface area contributed by atoms with Crippen LogP contribution in [0.3, 0.4) is 0 Å². The van der Waals surface area contributed by atoms with Crippen LogP contribution in [0.1, 0.15) is 26.7 Å². The van der Waals surface area contributed by atoms with Crippen LogP contribution in [-0.2, 0) is 0 Å². The summed E-state index contributed by atoms with van der Waals surface area (Å²) in [6, 6.07) is 0. The highest BCUT2D eigenvalue weighted by Crippen LogP contribution is 2.08. The lowest BCUT2D eigenvalue weighted by Gasteiger charge is -2.15. The molecule has 0 aromatic heterocycles. The molecule has 0 saturated heterocycles. The third-order valence-corrected chi connectivity index (χ3v) is 1.76. The summed E-state index contributed by atoms with van der Waals surface area (Å²) >= 11 is 0. The number of aliphatic hydroxyl groups is 1. The van der Waals surface area contributed by atoms with Gasteiger partial charge in [0.15, 0.2) is 0 Å².